The second kappa shape index (κ2) is 5.56. The van der Waals surface area contributed by atoms with Crippen LogP contribution in [0.25, 0.3) is 0 Å². The molecule has 0 atom stereocenters. The minimum absolute atomic E-state index is 0.0151. The van der Waals surface area contributed by atoms with E-state index in [9.17, 15) is 9.18 Å². The summed E-state index contributed by atoms with van der Waals surface area (Å²) in [4.78, 5) is 11.4. The molecule has 1 heterocycles. The van der Waals surface area contributed by atoms with E-state index in [1.807, 2.05) is 25.1 Å². The Balaban J connectivity index is 1.79. The number of amides is 1. The van der Waals surface area contributed by atoms with Crippen LogP contribution in [0.1, 0.15) is 23.1 Å². The van der Waals surface area contributed by atoms with Crippen LogP contribution in [0.2, 0.25) is 0 Å². The molecule has 1 aliphatic rings. The number of rotatable bonds is 3. The Morgan fingerprint density at radius 2 is 2.10 bits per heavy atom. The van der Waals surface area contributed by atoms with Gasteiger partial charge in [0.1, 0.15) is 5.82 Å². The smallest absolute Gasteiger partial charge is 0.224 e. The van der Waals surface area contributed by atoms with E-state index in [0.29, 0.717) is 30.8 Å². The maximum absolute atomic E-state index is 14.1. The van der Waals surface area contributed by atoms with Gasteiger partial charge in [-0.1, -0.05) is 29.8 Å². The van der Waals surface area contributed by atoms with Gasteiger partial charge in [-0.15, -0.1) is 0 Å². The van der Waals surface area contributed by atoms with E-state index in [1.165, 1.54) is 11.6 Å². The molecule has 21 heavy (non-hydrogen) atoms. The second-order valence-electron chi connectivity index (χ2n) is 5.38. The Hall–Kier alpha value is -2.36. The SMILES string of the molecule is Cc1cccc(CNc2cc3c(cc2F)CCC(=O)N3)c1. The van der Waals surface area contributed by atoms with Gasteiger partial charge in [0.15, 0.2) is 0 Å². The van der Waals surface area contributed by atoms with Crippen molar-refractivity contribution in [1.29, 1.82) is 0 Å². The van der Waals surface area contributed by atoms with Gasteiger partial charge in [-0.3, -0.25) is 4.79 Å². The molecular formula is C17H17FN2O. The van der Waals surface area contributed by atoms with Crippen LogP contribution in [0.5, 0.6) is 0 Å². The lowest BCUT2D eigenvalue weighted by Crippen LogP contribution is -2.19. The minimum atomic E-state index is -0.280. The van der Waals surface area contributed by atoms with Gasteiger partial charge in [0.25, 0.3) is 0 Å². The van der Waals surface area contributed by atoms with Crippen LogP contribution in [0.15, 0.2) is 36.4 Å². The summed E-state index contributed by atoms with van der Waals surface area (Å²) in [5, 5.41) is 5.88. The molecular weight excluding hydrogens is 267 g/mol. The Morgan fingerprint density at radius 3 is 2.90 bits per heavy atom. The largest absolute Gasteiger partial charge is 0.379 e. The normalized spacial score (nSPS) is 13.5. The van der Waals surface area contributed by atoms with Crippen molar-refractivity contribution in [3.8, 4) is 0 Å². The molecule has 0 saturated carbocycles. The van der Waals surface area contributed by atoms with E-state index < -0.39 is 0 Å². The molecule has 3 rings (SSSR count). The van der Waals surface area contributed by atoms with Gasteiger partial charge in [0, 0.05) is 18.7 Å². The summed E-state index contributed by atoms with van der Waals surface area (Å²) >= 11 is 0. The number of anilines is 2. The summed E-state index contributed by atoms with van der Waals surface area (Å²) in [6.07, 6.45) is 1.01. The fourth-order valence-electron chi connectivity index (χ4n) is 2.55. The van der Waals surface area contributed by atoms with Crippen molar-refractivity contribution in [2.45, 2.75) is 26.3 Å². The lowest BCUT2D eigenvalue weighted by atomic mass is 10.0. The summed E-state index contributed by atoms with van der Waals surface area (Å²) in [5.74, 6) is -0.295. The molecule has 0 aromatic heterocycles. The van der Waals surface area contributed by atoms with Crippen LogP contribution in [-0.2, 0) is 17.8 Å². The highest BCUT2D eigenvalue weighted by molar-refractivity contribution is 5.94. The van der Waals surface area contributed by atoms with Crippen LogP contribution in [0, 0.1) is 12.7 Å². The Morgan fingerprint density at radius 1 is 1.24 bits per heavy atom. The number of benzene rings is 2. The zero-order valence-electron chi connectivity index (χ0n) is 11.9. The van der Waals surface area contributed by atoms with Gasteiger partial charge >= 0.3 is 0 Å². The molecule has 0 radical (unpaired) electrons. The molecule has 0 unspecified atom stereocenters. The van der Waals surface area contributed by atoms with Crippen LogP contribution in [0.4, 0.5) is 15.8 Å². The molecule has 2 aromatic rings. The van der Waals surface area contributed by atoms with E-state index in [-0.39, 0.29) is 11.7 Å². The first kappa shape index (κ1) is 13.6. The molecule has 2 N–H and O–H groups in total. The topological polar surface area (TPSA) is 41.1 Å². The average molecular weight is 284 g/mol. The maximum Gasteiger partial charge on any atom is 0.224 e. The lowest BCUT2D eigenvalue weighted by molar-refractivity contribution is -0.116. The molecule has 0 bridgehead atoms. The zero-order valence-corrected chi connectivity index (χ0v) is 11.9. The molecule has 3 nitrogen and oxygen atoms in total. The molecule has 0 fully saturated rings. The van der Waals surface area contributed by atoms with E-state index in [2.05, 4.69) is 16.7 Å². The molecule has 4 heteroatoms. The molecule has 1 amide bonds. The van der Waals surface area contributed by atoms with Crippen molar-refractivity contribution in [3.05, 3.63) is 58.9 Å². The number of nitrogens with one attached hydrogen (secondary N) is 2. The third-order valence-corrected chi connectivity index (χ3v) is 3.65. The highest BCUT2D eigenvalue weighted by atomic mass is 19.1. The second-order valence-corrected chi connectivity index (χ2v) is 5.38. The van der Waals surface area contributed by atoms with E-state index >= 15 is 0 Å². The Kier molecular flexibility index (Phi) is 3.60. The van der Waals surface area contributed by atoms with Crippen molar-refractivity contribution in [3.63, 3.8) is 0 Å². The van der Waals surface area contributed by atoms with E-state index in [0.717, 1.165) is 11.1 Å². The van der Waals surface area contributed by atoms with Crippen molar-refractivity contribution in [2.24, 2.45) is 0 Å². The first-order chi connectivity index (χ1) is 10.1. The van der Waals surface area contributed by atoms with Gasteiger partial charge in [-0.2, -0.15) is 0 Å². The Bertz CT molecular complexity index is 697. The predicted molar refractivity (Wildman–Crippen MR) is 81.9 cm³/mol. The third kappa shape index (κ3) is 3.05. The summed E-state index contributed by atoms with van der Waals surface area (Å²) in [6.45, 7) is 2.57. The number of aryl methyl sites for hydroxylation is 2. The van der Waals surface area contributed by atoms with Crippen molar-refractivity contribution in [2.75, 3.05) is 10.6 Å². The monoisotopic (exact) mass is 284 g/mol. The molecule has 1 aliphatic heterocycles. The zero-order chi connectivity index (χ0) is 14.8. The number of fused-ring (bicyclic) bond motifs is 1. The van der Waals surface area contributed by atoms with Crippen LogP contribution in [0.3, 0.4) is 0 Å². The number of hydrogen-bond acceptors (Lipinski definition) is 2. The van der Waals surface area contributed by atoms with Gasteiger partial charge in [0.05, 0.1) is 5.69 Å². The first-order valence-corrected chi connectivity index (χ1v) is 7.03. The van der Waals surface area contributed by atoms with Crippen LogP contribution in [-0.4, -0.2) is 5.91 Å². The van der Waals surface area contributed by atoms with Crippen molar-refractivity contribution >= 4 is 17.3 Å². The van der Waals surface area contributed by atoms with E-state index in [1.54, 1.807) is 6.07 Å². The maximum atomic E-state index is 14.1. The van der Waals surface area contributed by atoms with Gasteiger partial charge in [-0.05, 0) is 36.6 Å². The Labute approximate surface area is 123 Å². The van der Waals surface area contributed by atoms with Crippen LogP contribution < -0.4 is 10.6 Å². The van der Waals surface area contributed by atoms with Crippen molar-refractivity contribution < 1.29 is 9.18 Å². The van der Waals surface area contributed by atoms with E-state index in [4.69, 9.17) is 0 Å². The van der Waals surface area contributed by atoms with Gasteiger partial charge in [0.2, 0.25) is 5.91 Å². The molecule has 0 saturated heterocycles. The summed E-state index contributed by atoms with van der Waals surface area (Å²) in [5.41, 5.74) is 4.24. The number of hydrogen-bond donors (Lipinski definition) is 2. The molecule has 0 aliphatic carbocycles. The molecule has 2 aromatic carbocycles. The minimum Gasteiger partial charge on any atom is -0.379 e. The highest BCUT2D eigenvalue weighted by Crippen LogP contribution is 2.28. The quantitative estimate of drug-likeness (QED) is 0.903. The molecule has 108 valence electrons. The number of halogens is 1. The highest BCUT2D eigenvalue weighted by Gasteiger charge is 2.17. The first-order valence-electron chi connectivity index (χ1n) is 7.03. The summed E-state index contributed by atoms with van der Waals surface area (Å²) in [6, 6.07) is 11.3. The fourth-order valence-corrected chi connectivity index (χ4v) is 2.55. The average Bonchev–Trinajstić information content (AvgIpc) is 2.45. The number of carbonyl (C=O) groups is 1. The molecule has 0 spiro atoms. The summed E-state index contributed by atoms with van der Waals surface area (Å²) in [7, 11) is 0. The standard InChI is InChI=1S/C17H17FN2O/c1-11-3-2-4-12(7-11)10-19-16-9-15-13(8-14(16)18)5-6-17(21)20-15/h2-4,7-9,19H,5-6,10H2,1H3,(H,20,21). The van der Waals surface area contributed by atoms with Gasteiger partial charge < -0.3 is 10.6 Å². The third-order valence-electron chi connectivity index (χ3n) is 3.65. The van der Waals surface area contributed by atoms with Crippen LogP contribution >= 0.6 is 0 Å². The number of carbonyl (C=O) groups excluding carboxylic acids is 1. The van der Waals surface area contributed by atoms with Crippen molar-refractivity contribution in [1.82, 2.24) is 0 Å². The predicted octanol–water partition coefficient (Wildman–Crippen LogP) is 3.63. The fraction of sp³-hybridized carbons (Fsp3) is 0.235. The van der Waals surface area contributed by atoms with Gasteiger partial charge in [-0.25, -0.2) is 4.39 Å². The lowest BCUT2D eigenvalue weighted by Gasteiger charge is -2.19. The summed E-state index contributed by atoms with van der Waals surface area (Å²) < 4.78 is 14.1.